The van der Waals surface area contributed by atoms with E-state index in [1.54, 1.807) is 0 Å². The van der Waals surface area contributed by atoms with Crippen molar-refractivity contribution in [2.45, 2.75) is 38.7 Å². The first-order chi connectivity index (χ1) is 8.22. The first-order valence-corrected chi connectivity index (χ1v) is 6.52. The monoisotopic (exact) mass is 255 g/mol. The van der Waals surface area contributed by atoms with Crippen LogP contribution in [0.4, 0.5) is 5.82 Å². The molecule has 0 saturated carbocycles. The maximum absolute atomic E-state index is 9.52. The zero-order valence-corrected chi connectivity index (χ0v) is 10.8. The lowest BCUT2D eigenvalue weighted by atomic mass is 10.1. The summed E-state index contributed by atoms with van der Waals surface area (Å²) in [6, 6.07) is 0. The summed E-state index contributed by atoms with van der Waals surface area (Å²) in [6.07, 6.45) is 4.87. The van der Waals surface area contributed by atoms with Crippen molar-refractivity contribution >= 4 is 17.4 Å². The molecule has 1 aliphatic rings. The lowest BCUT2D eigenvalue weighted by Crippen LogP contribution is -2.37. The standard InChI is InChI=1S/C12H18ClN3O/c1-2-3-10-11(13)14-8-15-12(10)16-6-4-9(17)5-7-16/h8-9,17H,2-7H2,1H3. The molecule has 0 aliphatic carbocycles. The maximum atomic E-state index is 9.52. The number of halogens is 1. The fourth-order valence-electron chi connectivity index (χ4n) is 2.20. The molecule has 0 unspecified atom stereocenters. The van der Waals surface area contributed by atoms with Gasteiger partial charge in [-0.2, -0.15) is 0 Å². The fraction of sp³-hybridized carbons (Fsp3) is 0.667. The third-order valence-electron chi connectivity index (χ3n) is 3.13. The van der Waals surface area contributed by atoms with Gasteiger partial charge in [-0.3, -0.25) is 0 Å². The molecule has 0 atom stereocenters. The number of rotatable bonds is 3. The predicted octanol–water partition coefficient (Wildman–Crippen LogP) is 2.04. The van der Waals surface area contributed by atoms with Gasteiger partial charge in [0.05, 0.1) is 6.10 Å². The van der Waals surface area contributed by atoms with E-state index in [9.17, 15) is 5.11 Å². The zero-order chi connectivity index (χ0) is 12.3. The van der Waals surface area contributed by atoms with Crippen LogP contribution in [0, 0.1) is 0 Å². The summed E-state index contributed by atoms with van der Waals surface area (Å²) in [5.74, 6) is 0.943. The molecule has 2 rings (SSSR count). The van der Waals surface area contributed by atoms with E-state index in [0.29, 0.717) is 5.15 Å². The lowest BCUT2D eigenvalue weighted by Gasteiger charge is -2.31. The van der Waals surface area contributed by atoms with Crippen LogP contribution in [0.15, 0.2) is 6.33 Å². The van der Waals surface area contributed by atoms with Crippen molar-refractivity contribution in [2.24, 2.45) is 0 Å². The molecule has 2 heterocycles. The van der Waals surface area contributed by atoms with E-state index in [0.717, 1.165) is 50.2 Å². The normalized spacial score (nSPS) is 17.5. The minimum absolute atomic E-state index is 0.168. The Bertz CT molecular complexity index is 378. The Morgan fingerprint density at radius 2 is 2.12 bits per heavy atom. The summed E-state index contributed by atoms with van der Waals surface area (Å²) in [5, 5.41) is 10.1. The lowest BCUT2D eigenvalue weighted by molar-refractivity contribution is 0.145. The second kappa shape index (κ2) is 5.65. The quantitative estimate of drug-likeness (QED) is 0.840. The Morgan fingerprint density at radius 1 is 1.41 bits per heavy atom. The van der Waals surface area contributed by atoms with Crippen molar-refractivity contribution in [3.05, 3.63) is 17.0 Å². The number of aliphatic hydroxyl groups is 1. The van der Waals surface area contributed by atoms with Crippen LogP contribution in [0.3, 0.4) is 0 Å². The van der Waals surface area contributed by atoms with Crippen LogP contribution in [-0.2, 0) is 6.42 Å². The van der Waals surface area contributed by atoms with Crippen LogP contribution >= 0.6 is 11.6 Å². The predicted molar refractivity (Wildman–Crippen MR) is 68.5 cm³/mol. The molecule has 0 aromatic carbocycles. The third kappa shape index (κ3) is 2.87. The van der Waals surface area contributed by atoms with Gasteiger partial charge in [0.25, 0.3) is 0 Å². The fourth-order valence-corrected chi connectivity index (χ4v) is 2.42. The highest BCUT2D eigenvalue weighted by Crippen LogP contribution is 2.27. The van der Waals surface area contributed by atoms with E-state index in [4.69, 9.17) is 11.6 Å². The largest absolute Gasteiger partial charge is 0.393 e. The molecule has 0 bridgehead atoms. The highest BCUT2D eigenvalue weighted by atomic mass is 35.5. The molecule has 0 radical (unpaired) electrons. The van der Waals surface area contributed by atoms with Crippen molar-refractivity contribution in [3.63, 3.8) is 0 Å². The summed E-state index contributed by atoms with van der Waals surface area (Å²) in [5.41, 5.74) is 1.04. The molecule has 17 heavy (non-hydrogen) atoms. The number of aromatic nitrogens is 2. The number of aliphatic hydroxyl groups excluding tert-OH is 1. The molecule has 1 fully saturated rings. The van der Waals surface area contributed by atoms with Crippen LogP contribution < -0.4 is 4.90 Å². The summed E-state index contributed by atoms with van der Waals surface area (Å²) in [7, 11) is 0. The van der Waals surface area contributed by atoms with Crippen molar-refractivity contribution in [1.29, 1.82) is 0 Å². The second-order valence-electron chi connectivity index (χ2n) is 4.43. The Hall–Kier alpha value is -0.870. The molecule has 1 aromatic heterocycles. The van der Waals surface area contributed by atoms with E-state index >= 15 is 0 Å². The van der Waals surface area contributed by atoms with Gasteiger partial charge in [0.15, 0.2) is 0 Å². The minimum Gasteiger partial charge on any atom is -0.393 e. The smallest absolute Gasteiger partial charge is 0.137 e. The van der Waals surface area contributed by atoms with Crippen LogP contribution in [0.5, 0.6) is 0 Å². The molecule has 1 N–H and O–H groups in total. The highest BCUT2D eigenvalue weighted by molar-refractivity contribution is 6.30. The first-order valence-electron chi connectivity index (χ1n) is 6.14. The van der Waals surface area contributed by atoms with E-state index < -0.39 is 0 Å². The molecule has 1 aliphatic heterocycles. The van der Waals surface area contributed by atoms with Crippen molar-refractivity contribution in [1.82, 2.24) is 9.97 Å². The van der Waals surface area contributed by atoms with Crippen LogP contribution in [0.25, 0.3) is 0 Å². The van der Waals surface area contributed by atoms with Crippen LogP contribution in [0.1, 0.15) is 31.7 Å². The van der Waals surface area contributed by atoms with Crippen LogP contribution in [0.2, 0.25) is 5.15 Å². The van der Waals surface area contributed by atoms with Crippen molar-refractivity contribution in [2.75, 3.05) is 18.0 Å². The third-order valence-corrected chi connectivity index (χ3v) is 3.46. The van der Waals surface area contributed by atoms with E-state index in [-0.39, 0.29) is 6.10 Å². The van der Waals surface area contributed by atoms with Gasteiger partial charge < -0.3 is 10.0 Å². The number of anilines is 1. The van der Waals surface area contributed by atoms with E-state index in [2.05, 4.69) is 21.8 Å². The van der Waals surface area contributed by atoms with Gasteiger partial charge in [-0.05, 0) is 19.3 Å². The molecule has 0 amide bonds. The molecule has 0 spiro atoms. The van der Waals surface area contributed by atoms with Gasteiger partial charge in [-0.25, -0.2) is 9.97 Å². The summed E-state index contributed by atoms with van der Waals surface area (Å²) >= 11 is 6.13. The average Bonchev–Trinajstić information content (AvgIpc) is 2.33. The van der Waals surface area contributed by atoms with Gasteiger partial charge in [0.2, 0.25) is 0 Å². The van der Waals surface area contributed by atoms with Crippen LogP contribution in [-0.4, -0.2) is 34.3 Å². The minimum atomic E-state index is -0.168. The summed E-state index contributed by atoms with van der Waals surface area (Å²) < 4.78 is 0. The average molecular weight is 256 g/mol. The number of piperidine rings is 1. The van der Waals surface area contributed by atoms with Crippen molar-refractivity contribution < 1.29 is 5.11 Å². The molecule has 5 heteroatoms. The van der Waals surface area contributed by atoms with Gasteiger partial charge in [-0.15, -0.1) is 0 Å². The molecular formula is C12H18ClN3O. The molecule has 1 aromatic rings. The molecule has 94 valence electrons. The molecule has 1 saturated heterocycles. The molecular weight excluding hydrogens is 238 g/mol. The Balaban J connectivity index is 2.22. The number of hydrogen-bond acceptors (Lipinski definition) is 4. The Morgan fingerprint density at radius 3 is 2.76 bits per heavy atom. The van der Waals surface area contributed by atoms with Gasteiger partial charge in [0, 0.05) is 18.7 Å². The zero-order valence-electron chi connectivity index (χ0n) is 10.1. The topological polar surface area (TPSA) is 49.2 Å². The van der Waals surface area contributed by atoms with Gasteiger partial charge >= 0.3 is 0 Å². The Labute approximate surface area is 107 Å². The SMILES string of the molecule is CCCc1c(Cl)ncnc1N1CCC(O)CC1. The summed E-state index contributed by atoms with van der Waals surface area (Å²) in [6.45, 7) is 3.80. The van der Waals surface area contributed by atoms with Gasteiger partial charge in [-0.1, -0.05) is 24.9 Å². The maximum Gasteiger partial charge on any atom is 0.137 e. The number of nitrogens with zero attached hydrogens (tertiary/aromatic N) is 3. The molecule has 4 nitrogen and oxygen atoms in total. The Kier molecular flexibility index (Phi) is 4.18. The van der Waals surface area contributed by atoms with E-state index in [1.165, 1.54) is 6.33 Å². The van der Waals surface area contributed by atoms with Crippen molar-refractivity contribution in [3.8, 4) is 0 Å². The highest BCUT2D eigenvalue weighted by Gasteiger charge is 2.21. The number of hydrogen-bond donors (Lipinski definition) is 1. The summed E-state index contributed by atoms with van der Waals surface area (Å²) in [4.78, 5) is 10.6. The second-order valence-corrected chi connectivity index (χ2v) is 4.79. The van der Waals surface area contributed by atoms with Gasteiger partial charge in [0.1, 0.15) is 17.3 Å². The first kappa shape index (κ1) is 12.6. The van der Waals surface area contributed by atoms with E-state index in [1.807, 2.05) is 0 Å².